The third-order valence-corrected chi connectivity index (χ3v) is 5.60. The van der Waals surface area contributed by atoms with E-state index in [1.807, 2.05) is 23.1 Å². The largest absolute Gasteiger partial charge is 0.322 e. The molecule has 2 aromatic carbocycles. The van der Waals surface area contributed by atoms with Gasteiger partial charge in [0.15, 0.2) is 0 Å². The Morgan fingerprint density at radius 3 is 2.19 bits per heavy atom. The fourth-order valence-electron chi connectivity index (χ4n) is 4.13. The highest BCUT2D eigenvalue weighted by atomic mass is 35.5. The van der Waals surface area contributed by atoms with Crippen LogP contribution in [-0.2, 0) is 6.54 Å². The van der Waals surface area contributed by atoms with Gasteiger partial charge in [-0.1, -0.05) is 67.4 Å². The van der Waals surface area contributed by atoms with Gasteiger partial charge in [-0.05, 0) is 54.9 Å². The van der Waals surface area contributed by atoms with E-state index in [0.29, 0.717) is 34.1 Å². The van der Waals surface area contributed by atoms with Crippen molar-refractivity contribution in [1.29, 1.82) is 0 Å². The monoisotopic (exact) mass is 404 g/mol. The number of amides is 2. The summed E-state index contributed by atoms with van der Waals surface area (Å²) in [6.45, 7) is 5.14. The lowest BCUT2D eigenvalue weighted by atomic mass is 9.80. The minimum atomic E-state index is -0.108. The van der Waals surface area contributed by atoms with Crippen molar-refractivity contribution >= 4 is 34.9 Å². The van der Waals surface area contributed by atoms with E-state index in [-0.39, 0.29) is 12.1 Å². The van der Waals surface area contributed by atoms with E-state index in [1.54, 1.807) is 18.2 Å². The first-order chi connectivity index (χ1) is 12.9. The second-order valence-corrected chi connectivity index (χ2v) is 8.65. The molecule has 1 aliphatic carbocycles. The minimum absolute atomic E-state index is 0.108. The van der Waals surface area contributed by atoms with Crippen molar-refractivity contribution in [3.05, 3.63) is 64.1 Å². The van der Waals surface area contributed by atoms with E-state index >= 15 is 0 Å². The molecule has 0 radical (unpaired) electrons. The molecule has 1 saturated carbocycles. The summed E-state index contributed by atoms with van der Waals surface area (Å²) in [5, 5.41) is 4.00. The molecule has 0 bridgehead atoms. The second kappa shape index (κ2) is 8.99. The van der Waals surface area contributed by atoms with Gasteiger partial charge < -0.3 is 10.2 Å². The molecule has 0 aromatic heterocycles. The third kappa shape index (κ3) is 5.63. The topological polar surface area (TPSA) is 32.3 Å². The van der Waals surface area contributed by atoms with Crippen molar-refractivity contribution in [3.8, 4) is 0 Å². The molecule has 1 aliphatic rings. The van der Waals surface area contributed by atoms with Crippen LogP contribution < -0.4 is 5.32 Å². The van der Waals surface area contributed by atoms with E-state index in [1.165, 1.54) is 6.42 Å². The highest BCUT2D eigenvalue weighted by Crippen LogP contribution is 2.33. The van der Waals surface area contributed by atoms with Gasteiger partial charge >= 0.3 is 6.03 Å². The van der Waals surface area contributed by atoms with Crippen LogP contribution in [0.25, 0.3) is 0 Å². The Kier molecular flexibility index (Phi) is 6.67. The van der Waals surface area contributed by atoms with Gasteiger partial charge in [-0.25, -0.2) is 4.79 Å². The summed E-state index contributed by atoms with van der Waals surface area (Å²) in [5.41, 5.74) is 1.75. The number of carbonyl (C=O) groups is 1. The molecule has 0 saturated heterocycles. The van der Waals surface area contributed by atoms with Gasteiger partial charge in [-0.3, -0.25) is 0 Å². The maximum Gasteiger partial charge on any atom is 0.322 e. The maximum atomic E-state index is 13.2. The molecule has 2 atom stereocenters. The molecule has 1 fully saturated rings. The number of nitrogens with zero attached hydrogens (tertiary/aromatic N) is 1. The molecular formula is C22H26Cl2N2O. The highest BCUT2D eigenvalue weighted by Gasteiger charge is 2.31. The fraction of sp³-hybridized carbons (Fsp3) is 0.409. The SMILES string of the molecule is CC1CC(C)CC(N(Cc2ccccc2)C(=O)Nc2cc(Cl)cc(Cl)c2)C1. The Hall–Kier alpha value is -1.71. The molecular weight excluding hydrogens is 379 g/mol. The van der Waals surface area contributed by atoms with Crippen LogP contribution in [0.3, 0.4) is 0 Å². The van der Waals surface area contributed by atoms with Gasteiger partial charge in [0.1, 0.15) is 0 Å². The Morgan fingerprint density at radius 1 is 1.00 bits per heavy atom. The average Bonchev–Trinajstić information content (AvgIpc) is 2.58. The Bertz CT molecular complexity index is 751. The summed E-state index contributed by atoms with van der Waals surface area (Å²) in [7, 11) is 0. The van der Waals surface area contributed by atoms with E-state index in [4.69, 9.17) is 23.2 Å². The molecule has 2 amide bonds. The maximum absolute atomic E-state index is 13.2. The van der Waals surface area contributed by atoms with Gasteiger partial charge in [0.2, 0.25) is 0 Å². The Morgan fingerprint density at radius 2 is 1.59 bits per heavy atom. The average molecular weight is 405 g/mol. The molecule has 3 nitrogen and oxygen atoms in total. The lowest BCUT2D eigenvalue weighted by Crippen LogP contribution is -2.45. The zero-order valence-electron chi connectivity index (χ0n) is 15.8. The van der Waals surface area contributed by atoms with Gasteiger partial charge in [-0.2, -0.15) is 0 Å². The first-order valence-electron chi connectivity index (χ1n) is 9.48. The Balaban J connectivity index is 1.82. The number of anilines is 1. The number of rotatable bonds is 4. The lowest BCUT2D eigenvalue weighted by molar-refractivity contribution is 0.127. The molecule has 0 spiro atoms. The van der Waals surface area contributed by atoms with Crippen molar-refractivity contribution in [2.24, 2.45) is 11.8 Å². The van der Waals surface area contributed by atoms with Crippen LogP contribution in [0.4, 0.5) is 10.5 Å². The molecule has 2 aromatic rings. The highest BCUT2D eigenvalue weighted by molar-refractivity contribution is 6.35. The Labute approximate surface area is 171 Å². The first kappa shape index (κ1) is 20.0. The van der Waals surface area contributed by atoms with Crippen LogP contribution in [-0.4, -0.2) is 17.0 Å². The summed E-state index contributed by atoms with van der Waals surface area (Å²) in [5.74, 6) is 1.23. The number of hydrogen-bond acceptors (Lipinski definition) is 1. The smallest absolute Gasteiger partial charge is 0.317 e. The van der Waals surface area contributed by atoms with Crippen molar-refractivity contribution in [1.82, 2.24) is 4.90 Å². The number of carbonyl (C=O) groups excluding carboxylic acids is 1. The molecule has 27 heavy (non-hydrogen) atoms. The van der Waals surface area contributed by atoms with Crippen molar-refractivity contribution in [2.75, 3.05) is 5.32 Å². The third-order valence-electron chi connectivity index (χ3n) is 5.16. The first-order valence-corrected chi connectivity index (χ1v) is 10.2. The standard InChI is InChI=1S/C22H26Cl2N2O/c1-15-8-16(2)10-21(9-15)26(14-17-6-4-3-5-7-17)22(27)25-20-12-18(23)11-19(24)13-20/h3-7,11-13,15-16,21H,8-10,14H2,1-2H3,(H,25,27). The van der Waals surface area contributed by atoms with E-state index in [9.17, 15) is 4.79 Å². The second-order valence-electron chi connectivity index (χ2n) is 7.77. The van der Waals surface area contributed by atoms with Crippen LogP contribution in [0, 0.1) is 11.8 Å². The fourth-order valence-corrected chi connectivity index (χ4v) is 4.65. The molecule has 1 N–H and O–H groups in total. The van der Waals surface area contributed by atoms with Gasteiger partial charge in [0.05, 0.1) is 0 Å². The van der Waals surface area contributed by atoms with Gasteiger partial charge in [0.25, 0.3) is 0 Å². The summed E-state index contributed by atoms with van der Waals surface area (Å²) in [6.07, 6.45) is 3.28. The molecule has 144 valence electrons. The van der Waals surface area contributed by atoms with Crippen molar-refractivity contribution in [3.63, 3.8) is 0 Å². The number of halogens is 2. The molecule has 5 heteroatoms. The summed E-state index contributed by atoms with van der Waals surface area (Å²) < 4.78 is 0. The molecule has 3 rings (SSSR count). The van der Waals surface area contributed by atoms with Crippen molar-refractivity contribution < 1.29 is 4.79 Å². The summed E-state index contributed by atoms with van der Waals surface area (Å²) >= 11 is 12.2. The summed E-state index contributed by atoms with van der Waals surface area (Å²) in [6, 6.07) is 15.3. The van der Waals surface area contributed by atoms with Crippen LogP contribution in [0.15, 0.2) is 48.5 Å². The normalized spacial score (nSPS) is 22.3. The van der Waals surface area contributed by atoms with Gasteiger partial charge in [0, 0.05) is 28.3 Å². The lowest BCUT2D eigenvalue weighted by Gasteiger charge is -2.39. The van der Waals surface area contributed by atoms with E-state index in [0.717, 1.165) is 18.4 Å². The van der Waals surface area contributed by atoms with Crippen LogP contribution in [0.2, 0.25) is 10.0 Å². The number of hydrogen-bond donors (Lipinski definition) is 1. The quantitative estimate of drug-likeness (QED) is 0.593. The zero-order chi connectivity index (χ0) is 19.4. The molecule has 0 aliphatic heterocycles. The predicted molar refractivity (Wildman–Crippen MR) is 113 cm³/mol. The summed E-state index contributed by atoms with van der Waals surface area (Å²) in [4.78, 5) is 15.1. The number of benzene rings is 2. The van der Waals surface area contributed by atoms with E-state index in [2.05, 4.69) is 31.3 Å². The minimum Gasteiger partial charge on any atom is -0.317 e. The molecule has 0 heterocycles. The van der Waals surface area contributed by atoms with Crippen LogP contribution >= 0.6 is 23.2 Å². The van der Waals surface area contributed by atoms with Crippen LogP contribution in [0.1, 0.15) is 38.7 Å². The van der Waals surface area contributed by atoms with E-state index < -0.39 is 0 Å². The van der Waals surface area contributed by atoms with Gasteiger partial charge in [-0.15, -0.1) is 0 Å². The predicted octanol–water partition coefficient (Wildman–Crippen LogP) is 6.85. The zero-order valence-corrected chi connectivity index (χ0v) is 17.3. The number of nitrogens with one attached hydrogen (secondary N) is 1. The van der Waals surface area contributed by atoms with Crippen molar-refractivity contribution in [2.45, 2.75) is 45.7 Å². The number of urea groups is 1. The van der Waals surface area contributed by atoms with Crippen LogP contribution in [0.5, 0.6) is 0 Å². The molecule has 2 unspecified atom stereocenters.